The van der Waals surface area contributed by atoms with Crippen LogP contribution in [0, 0.1) is 0 Å². The van der Waals surface area contributed by atoms with Crippen molar-refractivity contribution in [3.63, 3.8) is 0 Å². The molecule has 0 aromatic heterocycles. The van der Waals surface area contributed by atoms with Gasteiger partial charge in [0, 0.05) is 26.2 Å². The summed E-state index contributed by atoms with van der Waals surface area (Å²) in [5.74, 6) is 0. The van der Waals surface area contributed by atoms with Gasteiger partial charge in [-0.1, -0.05) is 12.8 Å². The number of rotatable bonds is 1. The molecular weight excluding hydrogens is 180 g/mol. The van der Waals surface area contributed by atoms with Crippen LogP contribution in [0.5, 0.6) is 0 Å². The molecule has 4 nitrogen and oxygen atoms in total. The van der Waals surface area contributed by atoms with E-state index in [4.69, 9.17) is 4.74 Å². The van der Waals surface area contributed by atoms with Crippen LogP contribution in [0.1, 0.15) is 25.7 Å². The molecule has 2 heterocycles. The summed E-state index contributed by atoms with van der Waals surface area (Å²) in [6.45, 7) is 3.39. The van der Waals surface area contributed by atoms with E-state index >= 15 is 0 Å². The van der Waals surface area contributed by atoms with E-state index in [1.807, 2.05) is 4.90 Å². The van der Waals surface area contributed by atoms with Crippen molar-refractivity contribution in [1.82, 2.24) is 10.2 Å². The summed E-state index contributed by atoms with van der Waals surface area (Å²) in [4.78, 5) is 13.5. The number of nitrogens with one attached hydrogen (secondary N) is 1. The van der Waals surface area contributed by atoms with Gasteiger partial charge in [0.2, 0.25) is 0 Å². The number of likely N-dealkylation sites (tertiary alicyclic amines) is 1. The Morgan fingerprint density at radius 1 is 1.14 bits per heavy atom. The summed E-state index contributed by atoms with van der Waals surface area (Å²) in [6, 6.07) is 0. The number of hydrogen-bond donors (Lipinski definition) is 1. The highest BCUT2D eigenvalue weighted by atomic mass is 16.6. The Balaban J connectivity index is 1.76. The molecule has 0 atom stereocenters. The van der Waals surface area contributed by atoms with E-state index in [1.54, 1.807) is 0 Å². The summed E-state index contributed by atoms with van der Waals surface area (Å²) >= 11 is 0. The van der Waals surface area contributed by atoms with Crippen LogP contribution in [-0.4, -0.2) is 43.3 Å². The third-order valence-electron chi connectivity index (χ3n) is 2.88. The maximum absolute atomic E-state index is 11.6. The van der Waals surface area contributed by atoms with Crippen molar-refractivity contribution in [2.24, 2.45) is 0 Å². The quantitative estimate of drug-likeness (QED) is 0.682. The Hall–Kier alpha value is -0.770. The van der Waals surface area contributed by atoms with Crippen molar-refractivity contribution in [1.29, 1.82) is 0 Å². The van der Waals surface area contributed by atoms with Gasteiger partial charge in [-0.05, 0) is 12.8 Å². The summed E-state index contributed by atoms with van der Waals surface area (Å²) in [7, 11) is 0. The molecule has 0 aromatic carbocycles. The Labute approximate surface area is 84.6 Å². The van der Waals surface area contributed by atoms with Crippen LogP contribution in [0.3, 0.4) is 0 Å². The molecule has 2 aliphatic heterocycles. The Morgan fingerprint density at radius 3 is 2.29 bits per heavy atom. The Kier molecular flexibility index (Phi) is 3.24. The standard InChI is InChI=1S/C10H18N2O2/c13-10(14-9-7-11-8-9)12-5-3-1-2-4-6-12/h9,11H,1-8H2. The van der Waals surface area contributed by atoms with Crippen molar-refractivity contribution < 1.29 is 9.53 Å². The smallest absolute Gasteiger partial charge is 0.410 e. The Bertz CT molecular complexity index is 196. The van der Waals surface area contributed by atoms with Gasteiger partial charge in [-0.2, -0.15) is 0 Å². The lowest BCUT2D eigenvalue weighted by Gasteiger charge is -2.29. The highest BCUT2D eigenvalue weighted by Gasteiger charge is 2.24. The molecular formula is C10H18N2O2. The first-order valence-electron chi connectivity index (χ1n) is 5.52. The normalized spacial score (nSPS) is 23.9. The van der Waals surface area contributed by atoms with Gasteiger partial charge in [-0.15, -0.1) is 0 Å². The monoisotopic (exact) mass is 198 g/mol. The first-order chi connectivity index (χ1) is 6.86. The van der Waals surface area contributed by atoms with Crippen LogP contribution in [-0.2, 0) is 4.74 Å². The fourth-order valence-electron chi connectivity index (χ4n) is 1.82. The predicted molar refractivity (Wildman–Crippen MR) is 53.2 cm³/mol. The molecule has 0 unspecified atom stereocenters. The maximum atomic E-state index is 11.6. The van der Waals surface area contributed by atoms with Crippen LogP contribution in [0.15, 0.2) is 0 Å². The van der Waals surface area contributed by atoms with E-state index in [2.05, 4.69) is 5.32 Å². The predicted octanol–water partition coefficient (Wildman–Crippen LogP) is 0.971. The number of hydrogen-bond acceptors (Lipinski definition) is 3. The van der Waals surface area contributed by atoms with Crippen LogP contribution >= 0.6 is 0 Å². The minimum Gasteiger partial charge on any atom is -0.443 e. The molecule has 14 heavy (non-hydrogen) atoms. The lowest BCUT2D eigenvalue weighted by molar-refractivity contribution is 0.0398. The van der Waals surface area contributed by atoms with Crippen molar-refractivity contribution in [3.05, 3.63) is 0 Å². The highest BCUT2D eigenvalue weighted by molar-refractivity contribution is 5.67. The molecule has 0 aliphatic carbocycles. The second-order valence-electron chi connectivity index (χ2n) is 4.07. The van der Waals surface area contributed by atoms with E-state index in [-0.39, 0.29) is 12.2 Å². The molecule has 80 valence electrons. The molecule has 2 saturated heterocycles. The molecule has 1 N–H and O–H groups in total. The van der Waals surface area contributed by atoms with E-state index in [0.717, 1.165) is 39.0 Å². The third-order valence-corrected chi connectivity index (χ3v) is 2.88. The van der Waals surface area contributed by atoms with Gasteiger partial charge in [-0.3, -0.25) is 0 Å². The second kappa shape index (κ2) is 4.64. The molecule has 4 heteroatoms. The van der Waals surface area contributed by atoms with E-state index in [0.29, 0.717) is 0 Å². The van der Waals surface area contributed by atoms with Crippen LogP contribution in [0.2, 0.25) is 0 Å². The van der Waals surface area contributed by atoms with Crippen molar-refractivity contribution in [3.8, 4) is 0 Å². The molecule has 0 spiro atoms. The summed E-state index contributed by atoms with van der Waals surface area (Å²) in [6.07, 6.45) is 4.74. The average Bonchev–Trinajstić information content (AvgIpc) is 2.38. The second-order valence-corrected chi connectivity index (χ2v) is 4.07. The van der Waals surface area contributed by atoms with Gasteiger partial charge < -0.3 is 15.0 Å². The molecule has 2 aliphatic rings. The number of carbonyl (C=O) groups is 1. The summed E-state index contributed by atoms with van der Waals surface area (Å²) in [5.41, 5.74) is 0. The van der Waals surface area contributed by atoms with Crippen molar-refractivity contribution >= 4 is 6.09 Å². The number of ether oxygens (including phenoxy) is 1. The average molecular weight is 198 g/mol. The molecule has 1 amide bonds. The lowest BCUT2D eigenvalue weighted by atomic mass is 10.2. The number of nitrogens with zero attached hydrogens (tertiary/aromatic N) is 1. The number of amides is 1. The zero-order valence-electron chi connectivity index (χ0n) is 8.50. The largest absolute Gasteiger partial charge is 0.443 e. The zero-order chi connectivity index (χ0) is 9.80. The molecule has 0 bridgehead atoms. The molecule has 2 rings (SSSR count). The van der Waals surface area contributed by atoms with Crippen molar-refractivity contribution in [2.75, 3.05) is 26.2 Å². The van der Waals surface area contributed by atoms with E-state index < -0.39 is 0 Å². The van der Waals surface area contributed by atoms with Gasteiger partial charge in [-0.25, -0.2) is 4.79 Å². The minimum absolute atomic E-state index is 0.113. The Morgan fingerprint density at radius 2 is 1.79 bits per heavy atom. The fourth-order valence-corrected chi connectivity index (χ4v) is 1.82. The fraction of sp³-hybridized carbons (Fsp3) is 0.900. The van der Waals surface area contributed by atoms with Crippen LogP contribution in [0.25, 0.3) is 0 Å². The summed E-state index contributed by atoms with van der Waals surface area (Å²) in [5, 5.41) is 3.09. The van der Waals surface area contributed by atoms with Crippen molar-refractivity contribution in [2.45, 2.75) is 31.8 Å². The van der Waals surface area contributed by atoms with Gasteiger partial charge in [0.05, 0.1) is 0 Å². The minimum atomic E-state index is -0.113. The number of carbonyl (C=O) groups excluding carboxylic acids is 1. The van der Waals surface area contributed by atoms with Gasteiger partial charge in [0.1, 0.15) is 6.10 Å². The van der Waals surface area contributed by atoms with Crippen LogP contribution in [0.4, 0.5) is 4.79 Å². The topological polar surface area (TPSA) is 41.6 Å². The molecule has 0 saturated carbocycles. The highest BCUT2D eigenvalue weighted by Crippen LogP contribution is 2.12. The van der Waals surface area contributed by atoms with Gasteiger partial charge >= 0.3 is 6.09 Å². The van der Waals surface area contributed by atoms with Gasteiger partial charge in [0.25, 0.3) is 0 Å². The lowest BCUT2D eigenvalue weighted by Crippen LogP contribution is -2.51. The molecule has 2 fully saturated rings. The molecule has 0 radical (unpaired) electrons. The van der Waals surface area contributed by atoms with Crippen LogP contribution < -0.4 is 5.32 Å². The zero-order valence-corrected chi connectivity index (χ0v) is 8.50. The van der Waals surface area contributed by atoms with Gasteiger partial charge in [0.15, 0.2) is 0 Å². The molecule has 0 aromatic rings. The third kappa shape index (κ3) is 2.38. The SMILES string of the molecule is O=C(OC1CNC1)N1CCCCCC1. The summed E-state index contributed by atoms with van der Waals surface area (Å²) < 4.78 is 5.31. The first-order valence-corrected chi connectivity index (χ1v) is 5.52. The maximum Gasteiger partial charge on any atom is 0.410 e. The van der Waals surface area contributed by atoms with E-state index in [9.17, 15) is 4.79 Å². The first kappa shape index (κ1) is 9.77. The van der Waals surface area contributed by atoms with E-state index in [1.165, 1.54) is 12.8 Å².